The molecule has 0 saturated carbocycles. The van der Waals surface area contributed by atoms with Gasteiger partial charge in [-0.3, -0.25) is 14.4 Å². The molecular formula is C18H24N2O4. The van der Waals surface area contributed by atoms with Crippen molar-refractivity contribution in [2.75, 3.05) is 26.2 Å². The highest BCUT2D eigenvalue weighted by Gasteiger charge is 2.20. The number of carbonyl (C=O) groups excluding carboxylic acids is 3. The number of nitrogens with one attached hydrogen (secondary N) is 1. The topological polar surface area (TPSA) is 75.7 Å². The van der Waals surface area contributed by atoms with E-state index in [0.717, 1.165) is 31.2 Å². The number of benzene rings is 1. The van der Waals surface area contributed by atoms with E-state index in [-0.39, 0.29) is 25.0 Å². The van der Waals surface area contributed by atoms with E-state index < -0.39 is 5.97 Å². The summed E-state index contributed by atoms with van der Waals surface area (Å²) >= 11 is 0. The van der Waals surface area contributed by atoms with Crippen LogP contribution in [0.2, 0.25) is 0 Å². The minimum Gasteiger partial charge on any atom is -0.454 e. The standard InChI is InChI=1S/C18H24N2O4/c21-16(19-11-10-15-7-3-1-4-8-15)14-24-18(23)13-20-12-6-2-5-9-17(20)22/h1,3-4,7-8H,2,5-6,9-14H2,(H,19,21). The van der Waals surface area contributed by atoms with Gasteiger partial charge in [0.05, 0.1) is 0 Å². The van der Waals surface area contributed by atoms with Crippen molar-refractivity contribution >= 4 is 17.8 Å². The molecule has 130 valence electrons. The molecular weight excluding hydrogens is 308 g/mol. The van der Waals surface area contributed by atoms with Crippen LogP contribution in [-0.4, -0.2) is 48.9 Å². The lowest BCUT2D eigenvalue weighted by atomic mass is 10.1. The third kappa shape index (κ3) is 6.40. The number of carbonyl (C=O) groups is 3. The summed E-state index contributed by atoms with van der Waals surface area (Å²) in [6.45, 7) is 0.688. The molecule has 2 rings (SSSR count). The summed E-state index contributed by atoms with van der Waals surface area (Å²) in [5, 5.41) is 2.71. The van der Waals surface area contributed by atoms with Gasteiger partial charge in [-0.2, -0.15) is 0 Å². The molecule has 2 amide bonds. The smallest absolute Gasteiger partial charge is 0.326 e. The maximum absolute atomic E-state index is 11.8. The number of hydrogen-bond donors (Lipinski definition) is 1. The van der Waals surface area contributed by atoms with Gasteiger partial charge in [-0.05, 0) is 24.8 Å². The van der Waals surface area contributed by atoms with Gasteiger partial charge in [-0.15, -0.1) is 0 Å². The molecule has 6 nitrogen and oxygen atoms in total. The first-order chi connectivity index (χ1) is 11.6. The molecule has 1 N–H and O–H groups in total. The average Bonchev–Trinajstić information content (AvgIpc) is 2.79. The molecule has 1 aromatic rings. The number of amides is 2. The summed E-state index contributed by atoms with van der Waals surface area (Å²) in [5.74, 6) is -0.887. The molecule has 0 aliphatic carbocycles. The Hall–Kier alpha value is -2.37. The number of esters is 1. The van der Waals surface area contributed by atoms with Crippen LogP contribution in [0.25, 0.3) is 0 Å². The summed E-state index contributed by atoms with van der Waals surface area (Å²) in [4.78, 5) is 36.8. The molecule has 0 bridgehead atoms. The van der Waals surface area contributed by atoms with Gasteiger partial charge in [0.1, 0.15) is 6.54 Å². The number of likely N-dealkylation sites (tertiary alicyclic amines) is 1. The molecule has 0 aromatic heterocycles. The van der Waals surface area contributed by atoms with Crippen molar-refractivity contribution in [2.24, 2.45) is 0 Å². The van der Waals surface area contributed by atoms with Crippen LogP contribution in [0.3, 0.4) is 0 Å². The molecule has 6 heteroatoms. The van der Waals surface area contributed by atoms with Crippen molar-refractivity contribution in [1.82, 2.24) is 10.2 Å². The Morgan fingerprint density at radius 2 is 1.92 bits per heavy atom. The average molecular weight is 332 g/mol. The summed E-state index contributed by atoms with van der Waals surface area (Å²) < 4.78 is 4.95. The van der Waals surface area contributed by atoms with Crippen LogP contribution in [0, 0.1) is 0 Å². The number of nitrogens with zero attached hydrogens (tertiary/aromatic N) is 1. The van der Waals surface area contributed by atoms with Crippen LogP contribution < -0.4 is 5.32 Å². The quantitative estimate of drug-likeness (QED) is 0.764. The second-order valence-corrected chi connectivity index (χ2v) is 5.87. The lowest BCUT2D eigenvalue weighted by Gasteiger charge is -2.19. The zero-order valence-electron chi connectivity index (χ0n) is 13.8. The van der Waals surface area contributed by atoms with Crippen LogP contribution in [0.5, 0.6) is 0 Å². The van der Waals surface area contributed by atoms with Gasteiger partial charge in [-0.1, -0.05) is 36.8 Å². The van der Waals surface area contributed by atoms with Gasteiger partial charge in [0, 0.05) is 19.5 Å². The monoisotopic (exact) mass is 332 g/mol. The molecule has 1 aliphatic rings. The Labute approximate surface area is 142 Å². The van der Waals surface area contributed by atoms with E-state index >= 15 is 0 Å². The molecule has 1 heterocycles. The van der Waals surface area contributed by atoms with Gasteiger partial charge >= 0.3 is 5.97 Å². The first kappa shape index (κ1) is 18.0. The second-order valence-electron chi connectivity index (χ2n) is 5.87. The van der Waals surface area contributed by atoms with E-state index in [2.05, 4.69) is 5.32 Å². The molecule has 1 fully saturated rings. The highest BCUT2D eigenvalue weighted by molar-refractivity contribution is 5.84. The van der Waals surface area contributed by atoms with Crippen LogP contribution in [0.1, 0.15) is 31.2 Å². The van der Waals surface area contributed by atoms with Crippen molar-refractivity contribution in [3.8, 4) is 0 Å². The van der Waals surface area contributed by atoms with Gasteiger partial charge in [0.15, 0.2) is 6.61 Å². The molecule has 1 aliphatic heterocycles. The van der Waals surface area contributed by atoms with E-state index in [4.69, 9.17) is 4.74 Å². The Morgan fingerprint density at radius 3 is 2.71 bits per heavy atom. The zero-order valence-corrected chi connectivity index (χ0v) is 13.8. The van der Waals surface area contributed by atoms with Crippen molar-refractivity contribution in [1.29, 1.82) is 0 Å². The van der Waals surface area contributed by atoms with Crippen LogP contribution >= 0.6 is 0 Å². The van der Waals surface area contributed by atoms with Crippen molar-refractivity contribution in [3.05, 3.63) is 35.9 Å². The third-order valence-corrected chi connectivity index (χ3v) is 3.93. The highest BCUT2D eigenvalue weighted by Crippen LogP contribution is 2.10. The van der Waals surface area contributed by atoms with Gasteiger partial charge in [0.2, 0.25) is 5.91 Å². The largest absolute Gasteiger partial charge is 0.454 e. The van der Waals surface area contributed by atoms with Gasteiger partial charge in [-0.25, -0.2) is 0 Å². The molecule has 0 unspecified atom stereocenters. The fourth-order valence-corrected chi connectivity index (χ4v) is 2.60. The summed E-state index contributed by atoms with van der Waals surface area (Å²) in [6, 6.07) is 9.82. The minimum atomic E-state index is -0.538. The molecule has 24 heavy (non-hydrogen) atoms. The first-order valence-electron chi connectivity index (χ1n) is 8.39. The van der Waals surface area contributed by atoms with Crippen molar-refractivity contribution in [3.63, 3.8) is 0 Å². The number of ether oxygens (including phenoxy) is 1. The molecule has 0 spiro atoms. The zero-order chi connectivity index (χ0) is 17.2. The van der Waals surface area contributed by atoms with E-state index in [1.807, 2.05) is 30.3 Å². The van der Waals surface area contributed by atoms with Crippen LogP contribution in [0.15, 0.2) is 30.3 Å². The maximum atomic E-state index is 11.8. The highest BCUT2D eigenvalue weighted by atomic mass is 16.5. The van der Waals surface area contributed by atoms with Crippen molar-refractivity contribution in [2.45, 2.75) is 32.1 Å². The SMILES string of the molecule is O=C(COC(=O)CN1CCCCCC1=O)NCCc1ccccc1. The Balaban J connectivity index is 1.62. The first-order valence-corrected chi connectivity index (χ1v) is 8.39. The molecule has 1 aromatic carbocycles. The predicted octanol–water partition coefficient (Wildman–Crippen LogP) is 1.29. The lowest BCUT2D eigenvalue weighted by molar-refractivity contribution is -0.152. The predicted molar refractivity (Wildman–Crippen MR) is 89.2 cm³/mol. The molecule has 1 saturated heterocycles. The van der Waals surface area contributed by atoms with Gasteiger partial charge < -0.3 is 15.0 Å². The summed E-state index contributed by atoms with van der Waals surface area (Å²) in [6.07, 6.45) is 3.98. The fraction of sp³-hybridized carbons (Fsp3) is 0.500. The van der Waals surface area contributed by atoms with E-state index in [1.54, 1.807) is 0 Å². The Kier molecular flexibility index (Phi) is 7.26. The fourth-order valence-electron chi connectivity index (χ4n) is 2.60. The van der Waals surface area contributed by atoms with Crippen LogP contribution in [0.4, 0.5) is 0 Å². The van der Waals surface area contributed by atoms with Gasteiger partial charge in [0.25, 0.3) is 5.91 Å². The molecule has 0 radical (unpaired) electrons. The van der Waals surface area contributed by atoms with E-state index in [1.165, 1.54) is 4.90 Å². The second kappa shape index (κ2) is 9.70. The van der Waals surface area contributed by atoms with Crippen LogP contribution in [-0.2, 0) is 25.5 Å². The summed E-state index contributed by atoms with van der Waals surface area (Å²) in [7, 11) is 0. The Bertz CT molecular complexity index is 559. The minimum absolute atomic E-state index is 0.0169. The third-order valence-electron chi connectivity index (χ3n) is 3.93. The van der Waals surface area contributed by atoms with E-state index in [0.29, 0.717) is 19.5 Å². The lowest BCUT2D eigenvalue weighted by Crippen LogP contribution is -2.37. The van der Waals surface area contributed by atoms with E-state index in [9.17, 15) is 14.4 Å². The molecule has 0 atom stereocenters. The maximum Gasteiger partial charge on any atom is 0.326 e. The summed E-state index contributed by atoms with van der Waals surface area (Å²) in [5.41, 5.74) is 1.13. The Morgan fingerprint density at radius 1 is 1.12 bits per heavy atom. The number of hydrogen-bond acceptors (Lipinski definition) is 4. The van der Waals surface area contributed by atoms with Crippen molar-refractivity contribution < 1.29 is 19.1 Å². The number of rotatable bonds is 7. The normalized spacial score (nSPS) is 14.8.